The van der Waals surface area contributed by atoms with Gasteiger partial charge in [-0.2, -0.15) is 5.10 Å². The van der Waals surface area contributed by atoms with Gasteiger partial charge in [-0.05, 0) is 35.4 Å². The Bertz CT molecular complexity index is 1530. The number of benzene rings is 3. The van der Waals surface area contributed by atoms with Crippen LogP contribution >= 0.6 is 0 Å². The van der Waals surface area contributed by atoms with Gasteiger partial charge in [0.15, 0.2) is 5.65 Å². The van der Waals surface area contributed by atoms with Crippen molar-refractivity contribution < 1.29 is 14.5 Å². The number of nitro benzene ring substituents is 1. The van der Waals surface area contributed by atoms with Gasteiger partial charge in [-0.3, -0.25) is 25.8 Å². The molecule has 5 aromatic rings. The van der Waals surface area contributed by atoms with Crippen LogP contribution in [-0.4, -0.2) is 25.4 Å². The summed E-state index contributed by atoms with van der Waals surface area (Å²) in [7, 11) is 0. The van der Waals surface area contributed by atoms with Gasteiger partial charge in [0.25, 0.3) is 11.6 Å². The Hall–Kier alpha value is -5.25. The van der Waals surface area contributed by atoms with Crippen LogP contribution in [0.4, 0.5) is 11.4 Å². The van der Waals surface area contributed by atoms with Crippen LogP contribution in [-0.2, 0) is 6.61 Å². The number of anilines is 1. The second kappa shape index (κ2) is 9.94. The fourth-order valence-corrected chi connectivity index (χ4v) is 3.60. The van der Waals surface area contributed by atoms with Crippen molar-refractivity contribution in [1.82, 2.24) is 20.0 Å². The topological polar surface area (TPSA) is 124 Å². The second-order valence-corrected chi connectivity index (χ2v) is 7.79. The van der Waals surface area contributed by atoms with Gasteiger partial charge in [0, 0.05) is 17.8 Å². The van der Waals surface area contributed by atoms with E-state index in [1.54, 1.807) is 29.0 Å². The molecule has 10 heteroatoms. The van der Waals surface area contributed by atoms with Gasteiger partial charge in [0.1, 0.15) is 23.7 Å². The van der Waals surface area contributed by atoms with Crippen molar-refractivity contribution in [3.63, 3.8) is 0 Å². The van der Waals surface area contributed by atoms with E-state index in [1.165, 1.54) is 18.2 Å². The third-order valence-corrected chi connectivity index (χ3v) is 5.43. The highest BCUT2D eigenvalue weighted by Crippen LogP contribution is 2.26. The molecule has 1 amide bonds. The van der Waals surface area contributed by atoms with Crippen LogP contribution in [0.25, 0.3) is 16.8 Å². The first-order chi connectivity index (χ1) is 17.6. The summed E-state index contributed by atoms with van der Waals surface area (Å²) in [5, 5.41) is 15.5. The highest BCUT2D eigenvalue weighted by atomic mass is 16.6. The maximum Gasteiger partial charge on any atom is 0.294 e. The van der Waals surface area contributed by atoms with E-state index < -0.39 is 10.8 Å². The number of nitrogens with zero attached hydrogens (tertiary/aromatic N) is 4. The number of aromatic nitrogens is 3. The maximum atomic E-state index is 12.7. The van der Waals surface area contributed by atoms with Gasteiger partial charge in [0.2, 0.25) is 0 Å². The quantitative estimate of drug-likeness (QED) is 0.245. The minimum atomic E-state index is -0.549. The number of rotatable bonds is 8. The second-order valence-electron chi connectivity index (χ2n) is 7.79. The highest BCUT2D eigenvalue weighted by molar-refractivity contribution is 5.94. The molecule has 10 nitrogen and oxygen atoms in total. The van der Waals surface area contributed by atoms with E-state index in [4.69, 9.17) is 4.74 Å². The highest BCUT2D eigenvalue weighted by Gasteiger charge is 2.16. The fourth-order valence-electron chi connectivity index (χ4n) is 3.60. The van der Waals surface area contributed by atoms with Crippen molar-refractivity contribution in [2.24, 2.45) is 0 Å². The average molecular weight is 480 g/mol. The number of nitro groups is 1. The van der Waals surface area contributed by atoms with E-state index in [0.717, 1.165) is 22.4 Å². The Labute approximate surface area is 205 Å². The zero-order valence-corrected chi connectivity index (χ0v) is 18.9. The lowest BCUT2D eigenvalue weighted by atomic mass is 10.1. The smallest absolute Gasteiger partial charge is 0.294 e. The number of amides is 1. The molecule has 36 heavy (non-hydrogen) atoms. The predicted octanol–water partition coefficient (Wildman–Crippen LogP) is 4.64. The van der Waals surface area contributed by atoms with E-state index >= 15 is 0 Å². The molecular weight excluding hydrogens is 460 g/mol. The van der Waals surface area contributed by atoms with Crippen LogP contribution in [0.15, 0.2) is 97.3 Å². The Morgan fingerprint density at radius 1 is 0.972 bits per heavy atom. The molecule has 0 spiro atoms. The molecule has 178 valence electrons. The molecule has 0 radical (unpaired) electrons. The summed E-state index contributed by atoms with van der Waals surface area (Å²) in [5.74, 6) is 0.181. The van der Waals surface area contributed by atoms with Gasteiger partial charge >= 0.3 is 0 Å². The number of carbonyl (C=O) groups excluding carboxylic acids is 1. The van der Waals surface area contributed by atoms with Crippen LogP contribution in [0.2, 0.25) is 0 Å². The molecule has 0 aliphatic rings. The molecule has 0 unspecified atom stereocenters. The molecule has 0 saturated carbocycles. The molecule has 0 saturated heterocycles. The molecule has 0 aliphatic carbocycles. The third-order valence-electron chi connectivity index (χ3n) is 5.43. The Kier molecular flexibility index (Phi) is 6.22. The number of para-hydroxylation sites is 2. The van der Waals surface area contributed by atoms with Gasteiger partial charge in [-0.25, -0.2) is 9.50 Å². The SMILES string of the molecule is O=C(NNc1ccccc1[N+](=O)[O-])c1ccn2ncc(-c3ccc(OCc4ccccc4)cc3)c2n1. The monoisotopic (exact) mass is 480 g/mol. The molecule has 2 heterocycles. The number of carbonyl (C=O) groups is 1. The molecule has 3 aromatic carbocycles. The first-order valence-corrected chi connectivity index (χ1v) is 11.0. The summed E-state index contributed by atoms with van der Waals surface area (Å²) < 4.78 is 7.42. The van der Waals surface area contributed by atoms with Crippen LogP contribution in [0.3, 0.4) is 0 Å². The first-order valence-electron chi connectivity index (χ1n) is 11.0. The van der Waals surface area contributed by atoms with Crippen molar-refractivity contribution >= 4 is 22.9 Å². The van der Waals surface area contributed by atoms with Crippen LogP contribution in [0.1, 0.15) is 16.1 Å². The Balaban J connectivity index is 1.31. The van der Waals surface area contributed by atoms with E-state index in [2.05, 4.69) is 20.9 Å². The van der Waals surface area contributed by atoms with E-state index in [-0.39, 0.29) is 17.1 Å². The largest absolute Gasteiger partial charge is 0.489 e. The third kappa shape index (κ3) is 4.82. The predicted molar refractivity (Wildman–Crippen MR) is 133 cm³/mol. The molecule has 0 aliphatic heterocycles. The number of nitrogens with one attached hydrogen (secondary N) is 2. The van der Waals surface area contributed by atoms with Crippen molar-refractivity contribution in [3.05, 3.63) is 119 Å². The number of ether oxygens (including phenoxy) is 1. The summed E-state index contributed by atoms with van der Waals surface area (Å²) in [5.41, 5.74) is 8.36. The molecule has 0 atom stereocenters. The summed E-state index contributed by atoms with van der Waals surface area (Å²) in [4.78, 5) is 27.8. The van der Waals surface area contributed by atoms with Crippen LogP contribution < -0.4 is 15.6 Å². The molecular formula is C26H20N6O4. The summed E-state index contributed by atoms with van der Waals surface area (Å²) in [6.45, 7) is 0.469. The molecule has 5 rings (SSSR count). The number of hydrogen-bond acceptors (Lipinski definition) is 7. The summed E-state index contributed by atoms with van der Waals surface area (Å²) >= 11 is 0. The standard InChI is InChI=1S/C26H20N6O4/c33-26(30-29-22-8-4-5-9-24(22)32(34)35)23-14-15-31-25(28-23)21(16-27-31)19-10-12-20(13-11-19)36-17-18-6-2-1-3-7-18/h1-16,29H,17H2,(H,30,33). The molecule has 0 fully saturated rings. The van der Waals surface area contributed by atoms with Gasteiger partial charge in [0.05, 0.1) is 11.1 Å². The van der Waals surface area contributed by atoms with E-state index in [9.17, 15) is 14.9 Å². The lowest BCUT2D eigenvalue weighted by Gasteiger charge is -2.09. The molecule has 0 bridgehead atoms. The Morgan fingerprint density at radius 2 is 1.72 bits per heavy atom. The summed E-state index contributed by atoms with van der Waals surface area (Å²) in [6.07, 6.45) is 3.30. The lowest BCUT2D eigenvalue weighted by molar-refractivity contribution is -0.384. The van der Waals surface area contributed by atoms with Gasteiger partial charge < -0.3 is 4.74 Å². The minimum absolute atomic E-state index is 0.123. The first kappa shape index (κ1) is 22.5. The van der Waals surface area contributed by atoms with Crippen molar-refractivity contribution in [1.29, 1.82) is 0 Å². The van der Waals surface area contributed by atoms with Crippen molar-refractivity contribution in [2.45, 2.75) is 6.61 Å². The maximum absolute atomic E-state index is 12.7. The normalized spacial score (nSPS) is 10.7. The van der Waals surface area contributed by atoms with Crippen LogP contribution in [0, 0.1) is 10.1 Å². The Morgan fingerprint density at radius 3 is 2.50 bits per heavy atom. The summed E-state index contributed by atoms with van der Waals surface area (Å²) in [6, 6.07) is 25.0. The minimum Gasteiger partial charge on any atom is -0.489 e. The van der Waals surface area contributed by atoms with E-state index in [1.807, 2.05) is 54.6 Å². The van der Waals surface area contributed by atoms with E-state index in [0.29, 0.717) is 12.3 Å². The van der Waals surface area contributed by atoms with Gasteiger partial charge in [-0.15, -0.1) is 0 Å². The number of fused-ring (bicyclic) bond motifs is 1. The fraction of sp³-hybridized carbons (Fsp3) is 0.0385. The van der Waals surface area contributed by atoms with Crippen LogP contribution in [0.5, 0.6) is 5.75 Å². The number of hydrogen-bond donors (Lipinski definition) is 2. The molecule has 2 aromatic heterocycles. The van der Waals surface area contributed by atoms with Crippen molar-refractivity contribution in [2.75, 3.05) is 5.43 Å². The zero-order valence-electron chi connectivity index (χ0n) is 18.9. The zero-order chi connectivity index (χ0) is 24.9. The number of hydrazine groups is 1. The van der Waals surface area contributed by atoms with Gasteiger partial charge in [-0.1, -0.05) is 54.6 Å². The average Bonchev–Trinajstić information content (AvgIpc) is 3.35. The van der Waals surface area contributed by atoms with Crippen molar-refractivity contribution in [3.8, 4) is 16.9 Å². The molecule has 2 N–H and O–H groups in total. The lowest BCUT2D eigenvalue weighted by Crippen LogP contribution is -2.30.